The molecule has 4 rings (SSSR count). The first-order valence-electron chi connectivity index (χ1n) is 9.36. The summed E-state index contributed by atoms with van der Waals surface area (Å²) in [5, 5.41) is 0. The molecule has 10 heteroatoms. The number of carbonyl (C=O) groups is 1. The molecule has 4 aliphatic rings. The standard InChI is InChI=1S/C16H28N4O4S.ClH/c17-15-13-2-1-12(11-13)14(15)16(21)18-3-5-19(6-4-18)25(22,23)20-7-9-24-10-8-20;/h12-15H,1-11,17H2;1H. The molecule has 0 spiro atoms. The lowest BCUT2D eigenvalue weighted by Gasteiger charge is -2.39. The summed E-state index contributed by atoms with van der Waals surface area (Å²) in [4.78, 5) is 14.7. The third kappa shape index (κ3) is 3.49. The predicted molar refractivity (Wildman–Crippen MR) is 99.0 cm³/mol. The van der Waals surface area contributed by atoms with Gasteiger partial charge in [-0.1, -0.05) is 0 Å². The number of amides is 1. The van der Waals surface area contributed by atoms with Crippen LogP contribution < -0.4 is 5.73 Å². The van der Waals surface area contributed by atoms with Gasteiger partial charge in [-0.3, -0.25) is 4.79 Å². The smallest absolute Gasteiger partial charge is 0.282 e. The summed E-state index contributed by atoms with van der Waals surface area (Å²) in [5.41, 5.74) is 6.29. The second-order valence-corrected chi connectivity index (χ2v) is 9.61. The van der Waals surface area contributed by atoms with Crippen molar-refractivity contribution in [2.45, 2.75) is 25.3 Å². The first-order chi connectivity index (χ1) is 12.0. The van der Waals surface area contributed by atoms with Gasteiger partial charge in [0, 0.05) is 45.3 Å². The first-order valence-corrected chi connectivity index (χ1v) is 10.8. The molecule has 150 valence electrons. The van der Waals surface area contributed by atoms with Gasteiger partial charge in [-0.15, -0.1) is 12.4 Å². The summed E-state index contributed by atoms with van der Waals surface area (Å²) >= 11 is 0. The molecule has 0 radical (unpaired) electrons. The largest absolute Gasteiger partial charge is 0.379 e. The van der Waals surface area contributed by atoms with Crippen molar-refractivity contribution in [3.63, 3.8) is 0 Å². The van der Waals surface area contributed by atoms with Gasteiger partial charge in [0.25, 0.3) is 10.2 Å². The summed E-state index contributed by atoms with van der Waals surface area (Å²) in [6, 6.07) is -0.0126. The van der Waals surface area contributed by atoms with Crippen molar-refractivity contribution in [1.82, 2.24) is 13.5 Å². The van der Waals surface area contributed by atoms with Crippen LogP contribution >= 0.6 is 12.4 Å². The van der Waals surface area contributed by atoms with Crippen LogP contribution in [0.5, 0.6) is 0 Å². The minimum absolute atomic E-state index is 0. The van der Waals surface area contributed by atoms with E-state index in [2.05, 4.69) is 0 Å². The fraction of sp³-hybridized carbons (Fsp3) is 0.938. The van der Waals surface area contributed by atoms with Crippen LogP contribution in [0.15, 0.2) is 0 Å². The van der Waals surface area contributed by atoms with E-state index in [4.69, 9.17) is 10.5 Å². The molecule has 2 aliphatic carbocycles. The van der Waals surface area contributed by atoms with Crippen LogP contribution in [-0.2, 0) is 19.7 Å². The van der Waals surface area contributed by atoms with Crippen LogP contribution in [0.3, 0.4) is 0 Å². The van der Waals surface area contributed by atoms with Crippen LogP contribution in [0.2, 0.25) is 0 Å². The molecule has 2 saturated carbocycles. The number of hydrogen-bond acceptors (Lipinski definition) is 5. The zero-order valence-electron chi connectivity index (χ0n) is 15.0. The number of carbonyl (C=O) groups excluding carboxylic acids is 1. The number of morpholine rings is 1. The van der Waals surface area contributed by atoms with Crippen molar-refractivity contribution in [3.8, 4) is 0 Å². The Kier molecular flexibility index (Phi) is 6.15. The Morgan fingerprint density at radius 1 is 0.923 bits per heavy atom. The Bertz CT molecular complexity index is 618. The molecular formula is C16H29ClN4O4S. The highest BCUT2D eigenvalue weighted by molar-refractivity contribution is 7.86. The van der Waals surface area contributed by atoms with Crippen molar-refractivity contribution in [2.75, 3.05) is 52.5 Å². The van der Waals surface area contributed by atoms with E-state index in [9.17, 15) is 13.2 Å². The van der Waals surface area contributed by atoms with Crippen molar-refractivity contribution >= 4 is 28.5 Å². The molecule has 2 aliphatic heterocycles. The monoisotopic (exact) mass is 408 g/mol. The average molecular weight is 409 g/mol. The number of rotatable bonds is 3. The van der Waals surface area contributed by atoms with E-state index in [0.29, 0.717) is 64.3 Å². The van der Waals surface area contributed by atoms with Crippen LogP contribution in [0, 0.1) is 17.8 Å². The zero-order chi connectivity index (χ0) is 17.6. The highest BCUT2D eigenvalue weighted by Crippen LogP contribution is 2.48. The van der Waals surface area contributed by atoms with E-state index in [-0.39, 0.29) is 30.3 Å². The Labute approximate surface area is 161 Å². The minimum atomic E-state index is -3.45. The summed E-state index contributed by atoms with van der Waals surface area (Å²) in [5.74, 6) is 1.02. The lowest BCUT2D eigenvalue weighted by Crippen LogP contribution is -2.57. The Morgan fingerprint density at radius 3 is 2.08 bits per heavy atom. The number of halogens is 1. The van der Waals surface area contributed by atoms with Gasteiger partial charge in [0.15, 0.2) is 0 Å². The van der Waals surface area contributed by atoms with Gasteiger partial charge in [0.05, 0.1) is 19.1 Å². The van der Waals surface area contributed by atoms with Gasteiger partial charge in [-0.05, 0) is 31.1 Å². The van der Waals surface area contributed by atoms with Crippen molar-refractivity contribution in [1.29, 1.82) is 0 Å². The Morgan fingerprint density at radius 2 is 1.50 bits per heavy atom. The number of piperazine rings is 1. The molecule has 2 N–H and O–H groups in total. The molecule has 2 bridgehead atoms. The number of nitrogens with zero attached hydrogens (tertiary/aromatic N) is 3. The number of fused-ring (bicyclic) bond motifs is 2. The molecule has 2 saturated heterocycles. The molecule has 0 aromatic rings. The maximum absolute atomic E-state index is 12.9. The van der Waals surface area contributed by atoms with Crippen LogP contribution in [0.1, 0.15) is 19.3 Å². The second-order valence-electron chi connectivity index (χ2n) is 7.68. The molecule has 4 unspecified atom stereocenters. The van der Waals surface area contributed by atoms with Gasteiger partial charge in [0.1, 0.15) is 0 Å². The topological polar surface area (TPSA) is 96.2 Å². The third-order valence-electron chi connectivity index (χ3n) is 6.44. The van der Waals surface area contributed by atoms with Gasteiger partial charge < -0.3 is 15.4 Å². The third-order valence-corrected chi connectivity index (χ3v) is 8.47. The SMILES string of the molecule is Cl.NC1C2CCC(C2)C1C(=O)N1CCN(S(=O)(=O)N2CCOCC2)CC1. The van der Waals surface area contributed by atoms with Crippen LogP contribution in [0.4, 0.5) is 0 Å². The van der Waals surface area contributed by atoms with Crippen molar-refractivity contribution in [3.05, 3.63) is 0 Å². The molecule has 2 heterocycles. The van der Waals surface area contributed by atoms with E-state index in [1.165, 1.54) is 8.61 Å². The lowest BCUT2D eigenvalue weighted by molar-refractivity contribution is -0.139. The summed E-state index contributed by atoms with van der Waals surface area (Å²) in [6.07, 6.45) is 3.35. The second kappa shape index (κ2) is 7.89. The molecule has 26 heavy (non-hydrogen) atoms. The highest BCUT2D eigenvalue weighted by atomic mass is 35.5. The normalized spacial score (nSPS) is 36.1. The van der Waals surface area contributed by atoms with E-state index in [0.717, 1.165) is 19.3 Å². The molecule has 8 nitrogen and oxygen atoms in total. The van der Waals surface area contributed by atoms with E-state index >= 15 is 0 Å². The van der Waals surface area contributed by atoms with Crippen LogP contribution in [0.25, 0.3) is 0 Å². The maximum atomic E-state index is 12.9. The first kappa shape index (κ1) is 20.3. The average Bonchev–Trinajstić information content (AvgIpc) is 3.23. The van der Waals surface area contributed by atoms with Gasteiger partial charge >= 0.3 is 0 Å². The van der Waals surface area contributed by atoms with Gasteiger partial charge in [0.2, 0.25) is 5.91 Å². The number of ether oxygens (including phenoxy) is 1. The van der Waals surface area contributed by atoms with E-state index in [1.54, 1.807) is 0 Å². The van der Waals surface area contributed by atoms with E-state index in [1.807, 2.05) is 4.90 Å². The molecule has 4 atom stereocenters. The zero-order valence-corrected chi connectivity index (χ0v) is 16.6. The fourth-order valence-electron chi connectivity index (χ4n) is 4.99. The highest BCUT2D eigenvalue weighted by Gasteiger charge is 2.50. The Hall–Kier alpha value is -0.450. The van der Waals surface area contributed by atoms with Gasteiger partial charge in [-0.2, -0.15) is 17.0 Å². The van der Waals surface area contributed by atoms with Crippen molar-refractivity contribution in [2.24, 2.45) is 23.5 Å². The van der Waals surface area contributed by atoms with Crippen molar-refractivity contribution < 1.29 is 17.9 Å². The summed E-state index contributed by atoms with van der Waals surface area (Å²) in [6.45, 7) is 3.34. The van der Waals surface area contributed by atoms with Gasteiger partial charge in [-0.25, -0.2) is 0 Å². The summed E-state index contributed by atoms with van der Waals surface area (Å²) < 4.78 is 33.6. The molecule has 1 amide bonds. The number of hydrogen-bond donors (Lipinski definition) is 1. The summed E-state index contributed by atoms with van der Waals surface area (Å²) in [7, 11) is -3.45. The van der Waals surface area contributed by atoms with Crippen LogP contribution in [-0.4, -0.2) is 86.4 Å². The molecule has 4 fully saturated rings. The number of nitrogens with two attached hydrogens (primary N) is 1. The maximum Gasteiger partial charge on any atom is 0.282 e. The predicted octanol–water partition coefficient (Wildman–Crippen LogP) is -0.497. The quantitative estimate of drug-likeness (QED) is 0.679. The Balaban J connectivity index is 0.00000196. The molecule has 0 aromatic carbocycles. The fourth-order valence-corrected chi connectivity index (χ4v) is 6.55. The van der Waals surface area contributed by atoms with E-state index < -0.39 is 10.2 Å². The molecule has 0 aromatic heterocycles. The lowest BCUT2D eigenvalue weighted by atomic mass is 9.84. The molecular weight excluding hydrogens is 380 g/mol. The minimum Gasteiger partial charge on any atom is -0.379 e.